The molecule has 0 aliphatic carbocycles. The van der Waals surface area contributed by atoms with Gasteiger partial charge in [-0.15, -0.1) is 5.10 Å². The molecular weight excluding hydrogens is 274 g/mol. The van der Waals surface area contributed by atoms with Crippen molar-refractivity contribution in [1.82, 2.24) is 14.5 Å². The van der Waals surface area contributed by atoms with E-state index in [1.54, 1.807) is 32.4 Å². The number of aromatic nitrogens is 2. The lowest BCUT2D eigenvalue weighted by Crippen LogP contribution is -2.21. The smallest absolute Gasteiger partial charge is 0.261 e. The Hall–Kier alpha value is -1.56. The maximum Gasteiger partial charge on any atom is 0.261 e. The van der Waals surface area contributed by atoms with E-state index in [0.29, 0.717) is 5.52 Å². The number of carbonyl (C=O) groups is 1. The molecule has 84 valence electrons. The lowest BCUT2D eigenvalue weighted by Gasteiger charge is -2.08. The highest BCUT2D eigenvalue weighted by Gasteiger charge is 2.20. The summed E-state index contributed by atoms with van der Waals surface area (Å²) in [6, 6.07) is 3.52. The van der Waals surface area contributed by atoms with E-state index in [0.717, 1.165) is 4.47 Å². The van der Waals surface area contributed by atoms with Gasteiger partial charge in [0, 0.05) is 24.8 Å². The van der Waals surface area contributed by atoms with Crippen LogP contribution in [0.25, 0.3) is 5.52 Å². The van der Waals surface area contributed by atoms with Crippen LogP contribution in [0.5, 0.6) is 5.88 Å². The Bertz CT molecular complexity index is 562. The summed E-state index contributed by atoms with van der Waals surface area (Å²) >= 11 is 3.29. The predicted octanol–water partition coefficient (Wildman–Crippen LogP) is 1.50. The molecule has 1 amide bonds. The van der Waals surface area contributed by atoms with Gasteiger partial charge in [-0.25, -0.2) is 4.52 Å². The first-order valence-corrected chi connectivity index (χ1v) is 5.38. The van der Waals surface area contributed by atoms with Crippen LogP contribution >= 0.6 is 15.9 Å². The fourth-order valence-corrected chi connectivity index (χ4v) is 1.77. The van der Waals surface area contributed by atoms with Gasteiger partial charge in [0.2, 0.25) is 5.88 Å². The molecule has 2 heterocycles. The molecular formula is C10H10BrN3O2. The maximum atomic E-state index is 11.8. The second-order valence-electron chi connectivity index (χ2n) is 3.58. The molecule has 0 atom stereocenters. The molecule has 2 rings (SSSR count). The molecule has 0 radical (unpaired) electrons. The molecule has 0 bridgehead atoms. The van der Waals surface area contributed by atoms with Crippen LogP contribution in [0, 0.1) is 0 Å². The highest BCUT2D eigenvalue weighted by atomic mass is 79.9. The lowest BCUT2D eigenvalue weighted by molar-refractivity contribution is 0.0826. The molecule has 2 aromatic rings. The van der Waals surface area contributed by atoms with E-state index in [1.807, 2.05) is 0 Å². The van der Waals surface area contributed by atoms with E-state index < -0.39 is 0 Å². The van der Waals surface area contributed by atoms with Gasteiger partial charge in [-0.1, -0.05) is 0 Å². The summed E-state index contributed by atoms with van der Waals surface area (Å²) in [6.45, 7) is 0. The van der Waals surface area contributed by atoms with Gasteiger partial charge in [0.15, 0.2) is 0 Å². The maximum absolute atomic E-state index is 11.8. The number of pyridine rings is 1. The summed E-state index contributed by atoms with van der Waals surface area (Å²) in [5.74, 6) is -0.522. The minimum absolute atomic E-state index is 0.220. The molecule has 2 aromatic heterocycles. The Morgan fingerprint density at radius 1 is 1.50 bits per heavy atom. The molecule has 16 heavy (non-hydrogen) atoms. The fraction of sp³-hybridized carbons (Fsp3) is 0.200. The molecule has 0 aromatic carbocycles. The van der Waals surface area contributed by atoms with Crippen LogP contribution in [0.1, 0.15) is 10.4 Å². The SMILES string of the molecule is CN(C)C(=O)c1c(O)nn2cc(Br)ccc12. The Balaban J connectivity index is 2.70. The Labute approximate surface area is 100 Å². The van der Waals surface area contributed by atoms with Crippen molar-refractivity contribution in [2.75, 3.05) is 14.1 Å². The third kappa shape index (κ3) is 1.65. The monoisotopic (exact) mass is 283 g/mol. The summed E-state index contributed by atoms with van der Waals surface area (Å²) in [5, 5.41) is 13.5. The number of hydrogen-bond donors (Lipinski definition) is 1. The van der Waals surface area contributed by atoms with Crippen LogP contribution in [0.3, 0.4) is 0 Å². The Morgan fingerprint density at radius 2 is 2.19 bits per heavy atom. The molecule has 0 fully saturated rings. The Kier molecular flexibility index (Phi) is 2.59. The van der Waals surface area contributed by atoms with E-state index in [2.05, 4.69) is 21.0 Å². The minimum Gasteiger partial charge on any atom is -0.492 e. The summed E-state index contributed by atoms with van der Waals surface area (Å²) in [5.41, 5.74) is 0.803. The zero-order valence-electron chi connectivity index (χ0n) is 8.81. The van der Waals surface area contributed by atoms with Crippen molar-refractivity contribution in [1.29, 1.82) is 0 Å². The van der Waals surface area contributed by atoms with Gasteiger partial charge >= 0.3 is 0 Å². The average Bonchev–Trinajstić information content (AvgIpc) is 2.51. The van der Waals surface area contributed by atoms with Gasteiger partial charge in [-0.3, -0.25) is 4.79 Å². The first kappa shape index (κ1) is 10.9. The minimum atomic E-state index is -0.269. The molecule has 0 aliphatic rings. The number of aromatic hydroxyl groups is 1. The fourth-order valence-electron chi connectivity index (χ4n) is 1.44. The first-order chi connectivity index (χ1) is 7.50. The van der Waals surface area contributed by atoms with Crippen LogP contribution < -0.4 is 0 Å². The molecule has 5 nitrogen and oxygen atoms in total. The van der Waals surface area contributed by atoms with E-state index in [4.69, 9.17) is 0 Å². The molecule has 1 N–H and O–H groups in total. The quantitative estimate of drug-likeness (QED) is 0.863. The van der Waals surface area contributed by atoms with Crippen LogP contribution in [0.2, 0.25) is 0 Å². The van der Waals surface area contributed by atoms with Gasteiger partial charge in [0.05, 0.1) is 5.52 Å². The van der Waals surface area contributed by atoms with Crippen molar-refractivity contribution in [2.24, 2.45) is 0 Å². The number of amides is 1. The number of nitrogens with zero attached hydrogens (tertiary/aromatic N) is 3. The Morgan fingerprint density at radius 3 is 2.81 bits per heavy atom. The van der Waals surface area contributed by atoms with Crippen molar-refractivity contribution in [3.8, 4) is 5.88 Å². The number of hydrogen-bond acceptors (Lipinski definition) is 3. The zero-order valence-corrected chi connectivity index (χ0v) is 10.4. The number of carbonyl (C=O) groups excluding carboxylic acids is 1. The van der Waals surface area contributed by atoms with Crippen molar-refractivity contribution in [2.45, 2.75) is 0 Å². The van der Waals surface area contributed by atoms with Gasteiger partial charge in [-0.2, -0.15) is 0 Å². The largest absolute Gasteiger partial charge is 0.492 e. The zero-order chi connectivity index (χ0) is 11.9. The molecule has 0 saturated heterocycles. The second-order valence-corrected chi connectivity index (χ2v) is 4.49. The van der Waals surface area contributed by atoms with Crippen molar-refractivity contribution in [3.63, 3.8) is 0 Å². The number of rotatable bonds is 1. The molecule has 6 heteroatoms. The molecule has 0 unspecified atom stereocenters. The van der Waals surface area contributed by atoms with Gasteiger partial charge in [0.1, 0.15) is 5.56 Å². The average molecular weight is 284 g/mol. The van der Waals surface area contributed by atoms with Crippen LogP contribution in [-0.2, 0) is 0 Å². The van der Waals surface area contributed by atoms with Crippen LogP contribution in [-0.4, -0.2) is 39.6 Å². The highest BCUT2D eigenvalue weighted by Crippen LogP contribution is 2.24. The van der Waals surface area contributed by atoms with Gasteiger partial charge in [0.25, 0.3) is 5.91 Å². The summed E-state index contributed by atoms with van der Waals surface area (Å²) in [4.78, 5) is 13.2. The van der Waals surface area contributed by atoms with E-state index in [-0.39, 0.29) is 17.4 Å². The second kappa shape index (κ2) is 3.79. The number of fused-ring (bicyclic) bond motifs is 1. The standard InChI is InChI=1S/C10H10BrN3O2/c1-13(2)10(16)8-7-4-3-6(11)5-14(7)12-9(8)15/h3-5H,1-2H3,(H,12,15). The summed E-state index contributed by atoms with van der Waals surface area (Å²) in [6.07, 6.45) is 1.68. The summed E-state index contributed by atoms with van der Waals surface area (Å²) in [7, 11) is 3.26. The highest BCUT2D eigenvalue weighted by molar-refractivity contribution is 9.10. The summed E-state index contributed by atoms with van der Waals surface area (Å²) < 4.78 is 2.29. The van der Waals surface area contributed by atoms with E-state index in [9.17, 15) is 9.90 Å². The van der Waals surface area contributed by atoms with Gasteiger partial charge in [-0.05, 0) is 28.1 Å². The third-order valence-electron chi connectivity index (χ3n) is 2.20. The normalized spacial score (nSPS) is 10.7. The van der Waals surface area contributed by atoms with Crippen LogP contribution in [0.15, 0.2) is 22.8 Å². The number of halogens is 1. The third-order valence-corrected chi connectivity index (χ3v) is 2.66. The van der Waals surface area contributed by atoms with Gasteiger partial charge < -0.3 is 10.0 Å². The molecule has 0 aliphatic heterocycles. The van der Waals surface area contributed by atoms with Crippen molar-refractivity contribution in [3.05, 3.63) is 28.4 Å². The van der Waals surface area contributed by atoms with Crippen molar-refractivity contribution >= 4 is 27.4 Å². The van der Waals surface area contributed by atoms with Crippen LogP contribution in [0.4, 0.5) is 0 Å². The topological polar surface area (TPSA) is 57.8 Å². The first-order valence-electron chi connectivity index (χ1n) is 4.59. The molecule has 0 saturated carbocycles. The van der Waals surface area contributed by atoms with Crippen molar-refractivity contribution < 1.29 is 9.90 Å². The molecule has 0 spiro atoms. The predicted molar refractivity (Wildman–Crippen MR) is 62.6 cm³/mol. The van der Waals surface area contributed by atoms with E-state index >= 15 is 0 Å². The van der Waals surface area contributed by atoms with E-state index in [1.165, 1.54) is 9.42 Å². The lowest BCUT2D eigenvalue weighted by atomic mass is 10.2.